The van der Waals surface area contributed by atoms with Gasteiger partial charge in [-0.2, -0.15) is 0 Å². The molecule has 18 heavy (non-hydrogen) atoms. The number of H-pyrrole nitrogens is 1. The molecule has 0 aliphatic heterocycles. The largest absolute Gasteiger partial charge is 0.480 e. The summed E-state index contributed by atoms with van der Waals surface area (Å²) in [5.41, 5.74) is 0. The van der Waals surface area contributed by atoms with Gasteiger partial charge in [0.15, 0.2) is 0 Å². The zero-order chi connectivity index (χ0) is 13.4. The number of rotatable bonds is 7. The molecule has 0 aromatic carbocycles. The fraction of sp³-hybridized carbons (Fsp3) is 0.545. The van der Waals surface area contributed by atoms with Gasteiger partial charge in [-0.05, 0) is 6.42 Å². The van der Waals surface area contributed by atoms with Crippen molar-refractivity contribution in [2.75, 3.05) is 6.54 Å². The van der Waals surface area contributed by atoms with Crippen LogP contribution < -0.4 is 10.6 Å². The van der Waals surface area contributed by atoms with Crippen LogP contribution in [0.1, 0.15) is 25.6 Å². The van der Waals surface area contributed by atoms with Gasteiger partial charge in [0.2, 0.25) is 0 Å². The first-order chi connectivity index (χ1) is 8.63. The van der Waals surface area contributed by atoms with Crippen LogP contribution in [0.2, 0.25) is 0 Å². The number of carbonyl (C=O) groups is 2. The van der Waals surface area contributed by atoms with Gasteiger partial charge in [0.1, 0.15) is 11.9 Å². The molecule has 1 heterocycles. The predicted octanol–water partition coefficient (Wildman–Crippen LogP) is 0.505. The SMILES string of the molecule is CCC[C@H](NC(=O)NCCc1ncc[nH]1)C(=O)O. The maximum Gasteiger partial charge on any atom is 0.326 e. The summed E-state index contributed by atoms with van der Waals surface area (Å²) in [7, 11) is 0. The minimum Gasteiger partial charge on any atom is -0.480 e. The Morgan fingerprint density at radius 1 is 1.56 bits per heavy atom. The molecule has 0 radical (unpaired) electrons. The molecule has 1 atom stereocenters. The fourth-order valence-electron chi connectivity index (χ4n) is 1.48. The van der Waals surface area contributed by atoms with E-state index in [4.69, 9.17) is 5.11 Å². The highest BCUT2D eigenvalue weighted by Crippen LogP contribution is 1.96. The Hall–Kier alpha value is -2.05. The van der Waals surface area contributed by atoms with Crippen molar-refractivity contribution in [3.63, 3.8) is 0 Å². The van der Waals surface area contributed by atoms with Gasteiger partial charge in [0, 0.05) is 25.4 Å². The number of amides is 2. The smallest absolute Gasteiger partial charge is 0.326 e. The van der Waals surface area contributed by atoms with Gasteiger partial charge in [-0.25, -0.2) is 14.6 Å². The summed E-state index contributed by atoms with van der Waals surface area (Å²) in [4.78, 5) is 29.2. The second-order valence-corrected chi connectivity index (χ2v) is 3.87. The molecule has 0 saturated carbocycles. The zero-order valence-corrected chi connectivity index (χ0v) is 10.3. The third kappa shape index (κ3) is 4.86. The lowest BCUT2D eigenvalue weighted by Crippen LogP contribution is -2.46. The van der Waals surface area contributed by atoms with Crippen molar-refractivity contribution in [3.05, 3.63) is 18.2 Å². The number of nitrogens with one attached hydrogen (secondary N) is 3. The summed E-state index contributed by atoms with van der Waals surface area (Å²) in [6, 6.07) is -1.30. The van der Waals surface area contributed by atoms with Crippen molar-refractivity contribution in [1.29, 1.82) is 0 Å². The van der Waals surface area contributed by atoms with E-state index in [1.54, 1.807) is 12.4 Å². The number of hydrogen-bond acceptors (Lipinski definition) is 3. The molecular formula is C11H18N4O3. The highest BCUT2D eigenvalue weighted by molar-refractivity contribution is 5.82. The molecule has 4 N–H and O–H groups in total. The van der Waals surface area contributed by atoms with Crippen LogP contribution in [-0.2, 0) is 11.2 Å². The molecule has 0 aliphatic rings. The highest BCUT2D eigenvalue weighted by atomic mass is 16.4. The molecule has 100 valence electrons. The van der Waals surface area contributed by atoms with Crippen molar-refractivity contribution < 1.29 is 14.7 Å². The van der Waals surface area contributed by atoms with Crippen LogP contribution in [0.15, 0.2) is 12.4 Å². The number of aliphatic carboxylic acids is 1. The second kappa shape index (κ2) is 7.31. The maximum atomic E-state index is 11.4. The fourth-order valence-corrected chi connectivity index (χ4v) is 1.48. The summed E-state index contributed by atoms with van der Waals surface area (Å²) in [5, 5.41) is 13.9. The number of carboxylic acids is 1. The number of carboxylic acid groups (broad SMARTS) is 1. The minimum absolute atomic E-state index is 0.401. The summed E-state index contributed by atoms with van der Waals surface area (Å²) in [5.74, 6) is -0.239. The van der Waals surface area contributed by atoms with Crippen LogP contribution >= 0.6 is 0 Å². The summed E-state index contributed by atoms with van der Waals surface area (Å²) in [6.45, 7) is 2.27. The number of urea groups is 1. The molecular weight excluding hydrogens is 236 g/mol. The van der Waals surface area contributed by atoms with E-state index in [0.29, 0.717) is 25.8 Å². The van der Waals surface area contributed by atoms with Gasteiger partial charge < -0.3 is 20.7 Å². The third-order valence-electron chi connectivity index (χ3n) is 2.38. The average molecular weight is 254 g/mol. The van der Waals surface area contributed by atoms with Crippen molar-refractivity contribution in [2.24, 2.45) is 0 Å². The normalized spacial score (nSPS) is 11.8. The van der Waals surface area contributed by atoms with Crippen molar-refractivity contribution in [3.8, 4) is 0 Å². The minimum atomic E-state index is -1.02. The van der Waals surface area contributed by atoms with Crippen molar-refractivity contribution in [1.82, 2.24) is 20.6 Å². The van der Waals surface area contributed by atoms with Gasteiger partial charge in [-0.15, -0.1) is 0 Å². The van der Waals surface area contributed by atoms with E-state index in [2.05, 4.69) is 20.6 Å². The lowest BCUT2D eigenvalue weighted by molar-refractivity contribution is -0.139. The molecule has 2 amide bonds. The molecule has 7 heteroatoms. The Labute approximate surface area is 105 Å². The number of imidazole rings is 1. The monoisotopic (exact) mass is 254 g/mol. The average Bonchev–Trinajstić information content (AvgIpc) is 2.81. The van der Waals surface area contributed by atoms with E-state index in [9.17, 15) is 9.59 Å². The van der Waals surface area contributed by atoms with Gasteiger partial charge in [-0.1, -0.05) is 13.3 Å². The van der Waals surface area contributed by atoms with Gasteiger partial charge in [0.05, 0.1) is 0 Å². The molecule has 1 rings (SSSR count). The number of nitrogens with zero attached hydrogens (tertiary/aromatic N) is 1. The Bertz CT molecular complexity index is 378. The highest BCUT2D eigenvalue weighted by Gasteiger charge is 2.18. The van der Waals surface area contributed by atoms with E-state index in [1.165, 1.54) is 0 Å². The lowest BCUT2D eigenvalue weighted by atomic mass is 10.2. The van der Waals surface area contributed by atoms with Gasteiger partial charge >= 0.3 is 12.0 Å². The Kier molecular flexibility index (Phi) is 5.69. The lowest BCUT2D eigenvalue weighted by Gasteiger charge is -2.13. The van der Waals surface area contributed by atoms with Crippen LogP contribution in [0.3, 0.4) is 0 Å². The number of aromatic nitrogens is 2. The van der Waals surface area contributed by atoms with Crippen molar-refractivity contribution >= 4 is 12.0 Å². The molecule has 0 bridgehead atoms. The molecule has 1 aromatic heterocycles. The van der Waals surface area contributed by atoms with Crippen LogP contribution in [0, 0.1) is 0 Å². The number of aromatic amines is 1. The summed E-state index contributed by atoms with van der Waals surface area (Å²) >= 11 is 0. The van der Waals surface area contributed by atoms with E-state index < -0.39 is 18.0 Å². The molecule has 0 saturated heterocycles. The van der Waals surface area contributed by atoms with Crippen LogP contribution in [0.4, 0.5) is 4.79 Å². The Morgan fingerprint density at radius 2 is 2.33 bits per heavy atom. The third-order valence-corrected chi connectivity index (χ3v) is 2.38. The molecule has 0 spiro atoms. The molecule has 0 unspecified atom stereocenters. The Morgan fingerprint density at radius 3 is 2.89 bits per heavy atom. The first kappa shape index (κ1) is 14.0. The first-order valence-electron chi connectivity index (χ1n) is 5.89. The molecule has 1 aromatic rings. The topological polar surface area (TPSA) is 107 Å². The first-order valence-corrected chi connectivity index (χ1v) is 5.89. The Balaban J connectivity index is 2.25. The van der Waals surface area contributed by atoms with Crippen LogP contribution in [0.25, 0.3) is 0 Å². The molecule has 0 fully saturated rings. The molecule has 0 aliphatic carbocycles. The predicted molar refractivity (Wildman–Crippen MR) is 65.2 cm³/mol. The van der Waals surface area contributed by atoms with Crippen molar-refractivity contribution in [2.45, 2.75) is 32.2 Å². The van der Waals surface area contributed by atoms with E-state index in [0.717, 1.165) is 5.82 Å². The maximum absolute atomic E-state index is 11.4. The van der Waals surface area contributed by atoms with Gasteiger partial charge in [-0.3, -0.25) is 0 Å². The zero-order valence-electron chi connectivity index (χ0n) is 10.3. The van der Waals surface area contributed by atoms with Crippen LogP contribution in [-0.4, -0.2) is 39.7 Å². The van der Waals surface area contributed by atoms with Gasteiger partial charge in [0.25, 0.3) is 0 Å². The van der Waals surface area contributed by atoms with E-state index in [-0.39, 0.29) is 0 Å². The van der Waals surface area contributed by atoms with Crippen LogP contribution in [0.5, 0.6) is 0 Å². The number of carbonyl (C=O) groups excluding carboxylic acids is 1. The van der Waals surface area contributed by atoms with E-state index >= 15 is 0 Å². The summed E-state index contributed by atoms with van der Waals surface area (Å²) < 4.78 is 0. The van der Waals surface area contributed by atoms with E-state index in [1.807, 2.05) is 6.92 Å². The second-order valence-electron chi connectivity index (χ2n) is 3.87. The number of hydrogen-bond donors (Lipinski definition) is 4. The quantitative estimate of drug-likeness (QED) is 0.568. The molecule has 7 nitrogen and oxygen atoms in total. The standard InChI is InChI=1S/C11H18N4O3/c1-2-3-8(10(16)17)15-11(18)14-5-4-9-12-6-7-13-9/h6-8H,2-5H2,1H3,(H,12,13)(H,16,17)(H2,14,15,18)/t8-/m0/s1. The summed E-state index contributed by atoms with van der Waals surface area (Å²) in [6.07, 6.45) is 5.03.